The zero-order valence-corrected chi connectivity index (χ0v) is 17.3. The number of hydrogen-bond acceptors (Lipinski definition) is 3. The fourth-order valence-electron chi connectivity index (χ4n) is 4.19. The Labute approximate surface area is 161 Å². The van der Waals surface area contributed by atoms with Gasteiger partial charge in [0.15, 0.2) is 0 Å². The molecule has 26 heavy (non-hydrogen) atoms. The van der Waals surface area contributed by atoms with Gasteiger partial charge in [0.1, 0.15) is 0 Å². The van der Waals surface area contributed by atoms with Gasteiger partial charge in [0.2, 0.25) is 0 Å². The monoisotopic (exact) mass is 363 g/mol. The summed E-state index contributed by atoms with van der Waals surface area (Å²) in [5.41, 5.74) is 1.48. The van der Waals surface area contributed by atoms with Crippen LogP contribution in [0.1, 0.15) is 78.1 Å². The number of morpholine rings is 1. The number of rotatable bonds is 12. The van der Waals surface area contributed by atoms with E-state index in [0.717, 1.165) is 71.1 Å². The van der Waals surface area contributed by atoms with Crippen molar-refractivity contribution in [1.29, 1.82) is 0 Å². The van der Waals surface area contributed by atoms with Crippen LogP contribution in [0.5, 0.6) is 0 Å². The molecule has 1 saturated carbocycles. The first-order valence-corrected chi connectivity index (χ1v) is 11.1. The lowest BCUT2D eigenvalue weighted by Crippen LogP contribution is -2.37. The van der Waals surface area contributed by atoms with E-state index in [-0.39, 0.29) is 0 Å². The third kappa shape index (κ3) is 8.26. The zero-order valence-electron chi connectivity index (χ0n) is 17.3. The van der Waals surface area contributed by atoms with Crippen LogP contribution in [-0.2, 0) is 9.47 Å². The largest absolute Gasteiger partial charge is 0.498 e. The lowest BCUT2D eigenvalue weighted by molar-refractivity contribution is 0.0342. The van der Waals surface area contributed by atoms with E-state index in [1.54, 1.807) is 0 Å². The molecule has 2 aliphatic rings. The Morgan fingerprint density at radius 2 is 1.85 bits per heavy atom. The molecule has 2 rings (SSSR count). The van der Waals surface area contributed by atoms with Gasteiger partial charge in [-0.15, -0.1) is 0 Å². The van der Waals surface area contributed by atoms with Crippen molar-refractivity contribution in [1.82, 2.24) is 4.90 Å². The minimum Gasteiger partial charge on any atom is -0.498 e. The molecule has 1 saturated heterocycles. The Morgan fingerprint density at radius 3 is 2.54 bits per heavy atom. The maximum atomic E-state index is 6.16. The third-order valence-electron chi connectivity index (χ3n) is 5.89. The van der Waals surface area contributed by atoms with Crippen molar-refractivity contribution >= 4 is 0 Å². The van der Waals surface area contributed by atoms with Crippen LogP contribution in [-0.4, -0.2) is 44.4 Å². The molecule has 150 valence electrons. The topological polar surface area (TPSA) is 21.7 Å². The van der Waals surface area contributed by atoms with Crippen LogP contribution in [0.4, 0.5) is 0 Å². The summed E-state index contributed by atoms with van der Waals surface area (Å²) in [6.45, 7) is 10.4. The molecule has 0 N–H and O–H groups in total. The van der Waals surface area contributed by atoms with Gasteiger partial charge in [-0.25, -0.2) is 0 Å². The average Bonchev–Trinajstić information content (AvgIpc) is 3.20. The van der Waals surface area contributed by atoms with Gasteiger partial charge in [-0.05, 0) is 43.6 Å². The van der Waals surface area contributed by atoms with Crippen molar-refractivity contribution in [2.24, 2.45) is 5.92 Å². The molecule has 0 atom stereocenters. The summed E-state index contributed by atoms with van der Waals surface area (Å²) in [7, 11) is 0. The molecule has 0 aromatic heterocycles. The molecular weight excluding hydrogens is 322 g/mol. The molecule has 3 heteroatoms. The van der Waals surface area contributed by atoms with E-state index in [0.29, 0.717) is 0 Å². The van der Waals surface area contributed by atoms with E-state index in [2.05, 4.69) is 30.9 Å². The van der Waals surface area contributed by atoms with Gasteiger partial charge in [-0.3, -0.25) is 4.90 Å². The SMILES string of the molecule is CCC(CC=CCCC1CCCC1)=C(CC)OCCCN1CCOCC1. The molecule has 1 aliphatic carbocycles. The maximum absolute atomic E-state index is 6.16. The van der Waals surface area contributed by atoms with Gasteiger partial charge in [-0.1, -0.05) is 51.7 Å². The van der Waals surface area contributed by atoms with Crippen molar-refractivity contribution in [2.75, 3.05) is 39.5 Å². The van der Waals surface area contributed by atoms with Crippen molar-refractivity contribution in [2.45, 2.75) is 78.1 Å². The van der Waals surface area contributed by atoms with E-state index in [9.17, 15) is 0 Å². The first kappa shape index (κ1) is 21.5. The molecule has 0 aromatic carbocycles. The molecule has 0 aromatic rings. The maximum Gasteiger partial charge on any atom is 0.0951 e. The Morgan fingerprint density at radius 1 is 1.08 bits per heavy atom. The van der Waals surface area contributed by atoms with Gasteiger partial charge in [0.05, 0.1) is 25.6 Å². The van der Waals surface area contributed by atoms with Crippen LogP contribution < -0.4 is 0 Å². The van der Waals surface area contributed by atoms with Gasteiger partial charge >= 0.3 is 0 Å². The summed E-state index contributed by atoms with van der Waals surface area (Å²) in [5, 5.41) is 0. The summed E-state index contributed by atoms with van der Waals surface area (Å²) < 4.78 is 11.6. The van der Waals surface area contributed by atoms with Crippen molar-refractivity contribution in [3.63, 3.8) is 0 Å². The quantitative estimate of drug-likeness (QED) is 0.252. The minimum atomic E-state index is 0.843. The second kappa shape index (κ2) is 13.4. The first-order chi connectivity index (χ1) is 12.8. The molecule has 2 fully saturated rings. The number of hydrogen-bond donors (Lipinski definition) is 0. The number of nitrogens with zero attached hydrogens (tertiary/aromatic N) is 1. The first-order valence-electron chi connectivity index (χ1n) is 11.1. The lowest BCUT2D eigenvalue weighted by Gasteiger charge is -2.26. The van der Waals surface area contributed by atoms with Crippen LogP contribution in [0.25, 0.3) is 0 Å². The van der Waals surface area contributed by atoms with Gasteiger partial charge in [0, 0.05) is 26.1 Å². The summed E-state index contributed by atoms with van der Waals surface area (Å²) >= 11 is 0. The molecule has 0 bridgehead atoms. The summed E-state index contributed by atoms with van der Waals surface area (Å²) in [6, 6.07) is 0. The highest BCUT2D eigenvalue weighted by Crippen LogP contribution is 2.28. The minimum absolute atomic E-state index is 0.843. The van der Waals surface area contributed by atoms with Crippen molar-refractivity contribution in [3.8, 4) is 0 Å². The Hall–Kier alpha value is -0.800. The normalized spacial score (nSPS) is 20.7. The standard InChI is InChI=1S/C23H41NO2/c1-3-22(14-7-5-6-11-21-12-8-9-13-21)23(4-2)26-18-10-15-24-16-19-25-20-17-24/h5,7,21H,3-4,6,8-20H2,1-2H3. The Balaban J connectivity index is 1.65. The molecule has 1 aliphatic heterocycles. The van der Waals surface area contributed by atoms with Crippen molar-refractivity contribution in [3.05, 3.63) is 23.5 Å². The molecule has 0 unspecified atom stereocenters. The molecule has 0 spiro atoms. The third-order valence-corrected chi connectivity index (χ3v) is 5.89. The van der Waals surface area contributed by atoms with Crippen LogP contribution in [0.15, 0.2) is 23.5 Å². The van der Waals surface area contributed by atoms with E-state index in [4.69, 9.17) is 9.47 Å². The van der Waals surface area contributed by atoms with Gasteiger partial charge in [0.25, 0.3) is 0 Å². The summed E-state index contributed by atoms with van der Waals surface area (Å²) in [4.78, 5) is 2.48. The highest BCUT2D eigenvalue weighted by molar-refractivity contribution is 5.12. The van der Waals surface area contributed by atoms with Crippen LogP contribution in [0, 0.1) is 5.92 Å². The fourth-order valence-corrected chi connectivity index (χ4v) is 4.19. The lowest BCUT2D eigenvalue weighted by atomic mass is 10.0. The highest BCUT2D eigenvalue weighted by atomic mass is 16.5. The second-order valence-electron chi connectivity index (χ2n) is 7.79. The van der Waals surface area contributed by atoms with Crippen LogP contribution >= 0.6 is 0 Å². The average molecular weight is 364 g/mol. The molecule has 3 nitrogen and oxygen atoms in total. The molecular formula is C23H41NO2. The summed E-state index contributed by atoms with van der Waals surface area (Å²) in [5.74, 6) is 2.23. The molecule has 1 heterocycles. The molecule has 0 amide bonds. The molecule has 0 radical (unpaired) electrons. The van der Waals surface area contributed by atoms with Gasteiger partial charge in [-0.2, -0.15) is 0 Å². The summed E-state index contributed by atoms with van der Waals surface area (Å²) in [6.07, 6.45) is 17.5. The highest BCUT2D eigenvalue weighted by Gasteiger charge is 2.13. The smallest absolute Gasteiger partial charge is 0.0951 e. The zero-order chi connectivity index (χ0) is 18.5. The fraction of sp³-hybridized carbons (Fsp3) is 0.826. The van der Waals surface area contributed by atoms with E-state index >= 15 is 0 Å². The predicted octanol–water partition coefficient (Wildman–Crippen LogP) is 5.72. The Bertz CT molecular complexity index is 418. The van der Waals surface area contributed by atoms with E-state index in [1.807, 2.05) is 0 Å². The predicted molar refractivity (Wildman–Crippen MR) is 110 cm³/mol. The van der Waals surface area contributed by atoms with E-state index in [1.165, 1.54) is 49.9 Å². The van der Waals surface area contributed by atoms with Crippen LogP contribution in [0.3, 0.4) is 0 Å². The second-order valence-corrected chi connectivity index (χ2v) is 7.79. The van der Waals surface area contributed by atoms with Crippen molar-refractivity contribution < 1.29 is 9.47 Å². The van der Waals surface area contributed by atoms with E-state index < -0.39 is 0 Å². The van der Waals surface area contributed by atoms with Crippen LogP contribution in [0.2, 0.25) is 0 Å². The number of ether oxygens (including phenoxy) is 2. The Kier molecular flexibility index (Phi) is 11.1. The number of allylic oxidation sites excluding steroid dienone is 4. The van der Waals surface area contributed by atoms with Gasteiger partial charge < -0.3 is 9.47 Å².